The van der Waals surface area contributed by atoms with Gasteiger partial charge in [0.2, 0.25) is 0 Å². The molecule has 2 heterocycles. The Balaban J connectivity index is 1.67. The average Bonchev–Trinajstić information content (AvgIpc) is 3.25. The fourth-order valence-electron chi connectivity index (χ4n) is 3.15. The minimum Gasteiger partial charge on any atom is -0.478 e. The molecule has 1 fully saturated rings. The second-order valence-electron chi connectivity index (χ2n) is 6.77. The van der Waals surface area contributed by atoms with Gasteiger partial charge in [0.05, 0.1) is 11.3 Å². The summed E-state index contributed by atoms with van der Waals surface area (Å²) in [6.45, 7) is 0. The maximum Gasteiger partial charge on any atom is 0.338 e. The number of carbonyl (C=O) groups excluding carboxylic acids is 3. The summed E-state index contributed by atoms with van der Waals surface area (Å²) in [5.74, 6) is -1.84. The Bertz CT molecular complexity index is 1220. The SMILES string of the molecule is CN1C(=O)/C(=C\c2ccc(-c3ccc(C(=O)O)cc3)o2)C(=O)N(c2ccccc2)C1=O. The maximum absolute atomic E-state index is 13.0. The normalized spacial score (nSPS) is 15.6. The number of barbiturate groups is 1. The first-order valence-corrected chi connectivity index (χ1v) is 9.23. The van der Waals surface area contributed by atoms with Crippen molar-refractivity contribution in [1.29, 1.82) is 0 Å². The van der Waals surface area contributed by atoms with Crippen molar-refractivity contribution in [3.8, 4) is 11.3 Å². The predicted octanol–water partition coefficient (Wildman–Crippen LogP) is 3.65. The Hall–Kier alpha value is -4.46. The number of amides is 4. The number of rotatable bonds is 4. The molecule has 0 radical (unpaired) electrons. The number of hydrogen-bond donors (Lipinski definition) is 1. The van der Waals surface area contributed by atoms with Crippen LogP contribution in [0.2, 0.25) is 0 Å². The zero-order valence-electron chi connectivity index (χ0n) is 16.3. The highest BCUT2D eigenvalue weighted by Gasteiger charge is 2.41. The number of hydrogen-bond acceptors (Lipinski definition) is 5. The van der Waals surface area contributed by atoms with E-state index in [0.29, 0.717) is 17.0 Å². The summed E-state index contributed by atoms with van der Waals surface area (Å²) in [6.07, 6.45) is 1.29. The molecule has 3 aromatic rings. The number of aromatic carboxylic acids is 1. The molecule has 2 aromatic carbocycles. The van der Waals surface area contributed by atoms with Crippen molar-refractivity contribution < 1.29 is 28.7 Å². The molecule has 1 saturated heterocycles. The molecule has 0 atom stereocenters. The summed E-state index contributed by atoms with van der Waals surface area (Å²) in [5, 5.41) is 9.00. The number of carboxylic acid groups (broad SMARTS) is 1. The van der Waals surface area contributed by atoms with Gasteiger partial charge in [0.25, 0.3) is 11.8 Å². The topological polar surface area (TPSA) is 108 Å². The number of urea groups is 1. The molecule has 31 heavy (non-hydrogen) atoms. The fourth-order valence-corrected chi connectivity index (χ4v) is 3.15. The molecule has 0 unspecified atom stereocenters. The lowest BCUT2D eigenvalue weighted by Gasteiger charge is -2.31. The van der Waals surface area contributed by atoms with Crippen LogP contribution in [-0.2, 0) is 9.59 Å². The van der Waals surface area contributed by atoms with E-state index in [2.05, 4.69) is 0 Å². The lowest BCUT2D eigenvalue weighted by molar-refractivity contribution is -0.128. The standard InChI is InChI=1S/C23H16N2O6/c1-24-20(26)18(21(27)25(23(24)30)16-5-3-2-4-6-16)13-17-11-12-19(31-17)14-7-9-15(10-8-14)22(28)29/h2-13H,1H3,(H,28,29)/b18-13+. The molecule has 154 valence electrons. The number of carboxylic acids is 1. The summed E-state index contributed by atoms with van der Waals surface area (Å²) in [6, 6.07) is 16.9. The minimum atomic E-state index is -1.03. The summed E-state index contributed by atoms with van der Waals surface area (Å²) in [5.41, 5.74) is 0.911. The highest BCUT2D eigenvalue weighted by atomic mass is 16.4. The van der Waals surface area contributed by atoms with Gasteiger partial charge in [0, 0.05) is 12.6 Å². The Morgan fingerprint density at radius 2 is 1.58 bits per heavy atom. The Morgan fingerprint density at radius 1 is 0.903 bits per heavy atom. The van der Waals surface area contributed by atoms with Gasteiger partial charge in [0.15, 0.2) is 0 Å². The number of likely N-dealkylation sites (N-methyl/N-ethyl adjacent to an activating group) is 1. The largest absolute Gasteiger partial charge is 0.478 e. The van der Waals surface area contributed by atoms with E-state index < -0.39 is 23.8 Å². The van der Waals surface area contributed by atoms with E-state index in [9.17, 15) is 19.2 Å². The van der Waals surface area contributed by atoms with Crippen molar-refractivity contribution in [3.63, 3.8) is 0 Å². The van der Waals surface area contributed by atoms with Gasteiger partial charge in [-0.1, -0.05) is 30.3 Å². The molecule has 4 rings (SSSR count). The van der Waals surface area contributed by atoms with Crippen LogP contribution >= 0.6 is 0 Å². The molecule has 4 amide bonds. The summed E-state index contributed by atoms with van der Waals surface area (Å²) in [7, 11) is 1.30. The number of carbonyl (C=O) groups is 4. The Labute approximate surface area is 176 Å². The molecule has 0 saturated carbocycles. The quantitative estimate of drug-likeness (QED) is 0.514. The molecule has 8 nitrogen and oxygen atoms in total. The van der Waals surface area contributed by atoms with Gasteiger partial charge in [-0.2, -0.15) is 0 Å². The van der Waals surface area contributed by atoms with Crippen molar-refractivity contribution in [1.82, 2.24) is 4.90 Å². The molecule has 0 bridgehead atoms. The maximum atomic E-state index is 13.0. The molecule has 0 aliphatic carbocycles. The molecule has 1 aliphatic heterocycles. The van der Waals surface area contributed by atoms with E-state index in [1.807, 2.05) is 0 Å². The highest BCUT2D eigenvalue weighted by Crippen LogP contribution is 2.27. The zero-order chi connectivity index (χ0) is 22.1. The van der Waals surface area contributed by atoms with Crippen LogP contribution in [0.1, 0.15) is 16.1 Å². The number of para-hydroxylation sites is 1. The monoisotopic (exact) mass is 416 g/mol. The molecule has 1 N–H and O–H groups in total. The molecule has 8 heteroatoms. The number of imide groups is 2. The van der Waals surface area contributed by atoms with E-state index in [0.717, 1.165) is 9.80 Å². The van der Waals surface area contributed by atoms with E-state index in [4.69, 9.17) is 9.52 Å². The second kappa shape index (κ2) is 7.75. The van der Waals surface area contributed by atoms with Crippen LogP contribution in [-0.4, -0.2) is 40.9 Å². The average molecular weight is 416 g/mol. The van der Waals surface area contributed by atoms with Crippen LogP contribution in [0, 0.1) is 0 Å². The van der Waals surface area contributed by atoms with Crippen LogP contribution in [0.5, 0.6) is 0 Å². The first kappa shape index (κ1) is 19.8. The number of nitrogens with zero attached hydrogens (tertiary/aromatic N) is 2. The van der Waals surface area contributed by atoms with Crippen molar-refractivity contribution in [2.45, 2.75) is 0 Å². The number of anilines is 1. The van der Waals surface area contributed by atoms with Crippen LogP contribution in [0.4, 0.5) is 10.5 Å². The van der Waals surface area contributed by atoms with Crippen molar-refractivity contribution >= 4 is 35.6 Å². The third kappa shape index (κ3) is 3.62. The third-order valence-electron chi connectivity index (χ3n) is 4.79. The van der Waals surface area contributed by atoms with Crippen molar-refractivity contribution in [2.24, 2.45) is 0 Å². The van der Waals surface area contributed by atoms with Crippen molar-refractivity contribution in [2.75, 3.05) is 11.9 Å². The van der Waals surface area contributed by atoms with Gasteiger partial charge in [-0.15, -0.1) is 0 Å². The molecule has 1 aromatic heterocycles. The van der Waals surface area contributed by atoms with E-state index in [-0.39, 0.29) is 16.9 Å². The van der Waals surface area contributed by atoms with Crippen LogP contribution in [0.3, 0.4) is 0 Å². The molecule has 0 spiro atoms. The fraction of sp³-hybridized carbons (Fsp3) is 0.0435. The summed E-state index contributed by atoms with van der Waals surface area (Å²) >= 11 is 0. The molecular formula is C23H16N2O6. The number of furan rings is 1. The second-order valence-corrected chi connectivity index (χ2v) is 6.77. The lowest BCUT2D eigenvalue weighted by atomic mass is 10.1. The van der Waals surface area contributed by atoms with Gasteiger partial charge < -0.3 is 9.52 Å². The smallest absolute Gasteiger partial charge is 0.338 e. The molecule has 1 aliphatic rings. The minimum absolute atomic E-state index is 0.143. The third-order valence-corrected chi connectivity index (χ3v) is 4.79. The van der Waals surface area contributed by atoms with Gasteiger partial charge in [0.1, 0.15) is 17.1 Å². The number of benzene rings is 2. The highest BCUT2D eigenvalue weighted by molar-refractivity contribution is 6.38. The van der Waals surface area contributed by atoms with Gasteiger partial charge in [-0.05, 0) is 42.5 Å². The first-order valence-electron chi connectivity index (χ1n) is 9.23. The van der Waals surface area contributed by atoms with Crippen LogP contribution < -0.4 is 4.90 Å². The van der Waals surface area contributed by atoms with Crippen LogP contribution in [0.25, 0.3) is 17.4 Å². The lowest BCUT2D eigenvalue weighted by Crippen LogP contribution is -2.55. The molecular weight excluding hydrogens is 400 g/mol. The summed E-state index contributed by atoms with van der Waals surface area (Å²) < 4.78 is 5.72. The summed E-state index contributed by atoms with van der Waals surface area (Å²) in [4.78, 5) is 50.9. The van der Waals surface area contributed by atoms with Crippen molar-refractivity contribution in [3.05, 3.63) is 83.6 Å². The van der Waals surface area contributed by atoms with E-state index in [1.54, 1.807) is 54.6 Å². The van der Waals surface area contributed by atoms with Gasteiger partial charge >= 0.3 is 12.0 Å². The Morgan fingerprint density at radius 3 is 2.23 bits per heavy atom. The van der Waals surface area contributed by atoms with Gasteiger partial charge in [-0.25, -0.2) is 14.5 Å². The predicted molar refractivity (Wildman–Crippen MR) is 111 cm³/mol. The van der Waals surface area contributed by atoms with E-state index >= 15 is 0 Å². The Kier molecular flexibility index (Phi) is 4.96. The van der Waals surface area contributed by atoms with E-state index in [1.165, 1.54) is 25.3 Å². The van der Waals surface area contributed by atoms with Gasteiger partial charge in [-0.3, -0.25) is 14.5 Å². The first-order chi connectivity index (χ1) is 14.9. The zero-order valence-corrected chi connectivity index (χ0v) is 16.3. The van der Waals surface area contributed by atoms with Crippen LogP contribution in [0.15, 0.2) is 76.7 Å².